The number of nitrogens with one attached hydrogen (secondary N) is 1. The molecule has 0 saturated heterocycles. The summed E-state index contributed by atoms with van der Waals surface area (Å²) in [6.45, 7) is 1.29. The molecule has 1 amide bonds. The summed E-state index contributed by atoms with van der Waals surface area (Å²) in [5.74, 6) is 0.934. The first-order valence-corrected chi connectivity index (χ1v) is 12.7. The summed E-state index contributed by atoms with van der Waals surface area (Å²) in [6, 6.07) is 15.5. The first-order chi connectivity index (χ1) is 15.5. The van der Waals surface area contributed by atoms with Crippen LogP contribution in [0.3, 0.4) is 0 Å². The Morgan fingerprint density at radius 1 is 1.03 bits per heavy atom. The summed E-state index contributed by atoms with van der Waals surface area (Å²) in [7, 11) is -3.66. The molecule has 32 heavy (non-hydrogen) atoms. The standard InChI is InChI=1S/C23H22N2O5S2/c26-23(16-3-1-5-20(13-16)32(27,28)24-17-6-7-17)25(15-19-4-2-12-31-19)18-8-9-21-22(14-18)30-11-10-29-21/h1-5,8-9,12-14,17,24H,6-7,10-11,15H2. The van der Waals surface area contributed by atoms with Gasteiger partial charge in [0.05, 0.1) is 11.4 Å². The van der Waals surface area contributed by atoms with Gasteiger partial charge in [0.25, 0.3) is 5.91 Å². The lowest BCUT2D eigenvalue weighted by Gasteiger charge is -2.25. The van der Waals surface area contributed by atoms with Crippen LogP contribution in [-0.4, -0.2) is 33.6 Å². The highest BCUT2D eigenvalue weighted by molar-refractivity contribution is 7.89. The molecule has 1 fully saturated rings. The topological polar surface area (TPSA) is 84.9 Å². The van der Waals surface area contributed by atoms with E-state index in [1.165, 1.54) is 12.1 Å². The van der Waals surface area contributed by atoms with Crippen LogP contribution >= 0.6 is 11.3 Å². The zero-order chi connectivity index (χ0) is 22.1. The zero-order valence-electron chi connectivity index (χ0n) is 17.2. The van der Waals surface area contributed by atoms with Gasteiger partial charge in [-0.05, 0) is 54.6 Å². The quantitative estimate of drug-likeness (QED) is 0.568. The predicted octanol–water partition coefficient (Wildman–Crippen LogP) is 3.81. The van der Waals surface area contributed by atoms with E-state index in [0.717, 1.165) is 17.7 Å². The van der Waals surface area contributed by atoms with Gasteiger partial charge in [0, 0.05) is 28.2 Å². The molecule has 9 heteroatoms. The first kappa shape index (κ1) is 21.0. The van der Waals surface area contributed by atoms with E-state index in [2.05, 4.69) is 4.72 Å². The zero-order valence-corrected chi connectivity index (χ0v) is 18.8. The predicted molar refractivity (Wildman–Crippen MR) is 122 cm³/mol. The van der Waals surface area contributed by atoms with Crippen molar-refractivity contribution in [1.29, 1.82) is 0 Å². The highest BCUT2D eigenvalue weighted by Gasteiger charge is 2.29. The monoisotopic (exact) mass is 470 g/mol. The van der Waals surface area contributed by atoms with E-state index in [4.69, 9.17) is 9.47 Å². The Morgan fingerprint density at radius 2 is 1.84 bits per heavy atom. The van der Waals surface area contributed by atoms with Gasteiger partial charge in [-0.3, -0.25) is 4.79 Å². The van der Waals surface area contributed by atoms with E-state index in [9.17, 15) is 13.2 Å². The highest BCUT2D eigenvalue weighted by Crippen LogP contribution is 2.35. The van der Waals surface area contributed by atoms with Crippen molar-refractivity contribution in [1.82, 2.24) is 4.72 Å². The Balaban J connectivity index is 1.49. The van der Waals surface area contributed by atoms with E-state index in [1.54, 1.807) is 40.5 Å². The number of rotatable bonds is 7. The summed E-state index contributed by atoms with van der Waals surface area (Å²) in [5.41, 5.74) is 0.951. The third-order valence-electron chi connectivity index (χ3n) is 5.27. The third-order valence-corrected chi connectivity index (χ3v) is 7.65. The Labute approximate surface area is 190 Å². The summed E-state index contributed by atoms with van der Waals surface area (Å²) in [4.78, 5) is 16.3. The maximum atomic E-state index is 13.6. The third kappa shape index (κ3) is 4.50. The van der Waals surface area contributed by atoms with Crippen molar-refractivity contribution in [3.63, 3.8) is 0 Å². The number of benzene rings is 2. The van der Waals surface area contributed by atoms with Crippen LogP contribution in [0.4, 0.5) is 5.69 Å². The number of thiophene rings is 1. The van der Waals surface area contributed by atoms with Gasteiger partial charge in [0.15, 0.2) is 11.5 Å². The van der Waals surface area contributed by atoms with E-state index >= 15 is 0 Å². The maximum Gasteiger partial charge on any atom is 0.258 e. The van der Waals surface area contributed by atoms with E-state index < -0.39 is 10.0 Å². The summed E-state index contributed by atoms with van der Waals surface area (Å²) in [6.07, 6.45) is 1.69. The molecular weight excluding hydrogens is 448 g/mol. The fraction of sp³-hybridized carbons (Fsp3) is 0.261. The summed E-state index contributed by atoms with van der Waals surface area (Å²) in [5, 5.41) is 1.96. The molecule has 0 spiro atoms. The van der Waals surface area contributed by atoms with Crippen molar-refractivity contribution in [2.24, 2.45) is 0 Å². The van der Waals surface area contributed by atoms with Crippen molar-refractivity contribution in [3.8, 4) is 11.5 Å². The molecule has 2 heterocycles. The molecule has 3 aromatic rings. The number of carbonyl (C=O) groups excluding carboxylic acids is 1. The average molecular weight is 471 g/mol. The molecule has 1 N–H and O–H groups in total. The molecule has 0 atom stereocenters. The molecule has 7 nitrogen and oxygen atoms in total. The second kappa shape index (κ2) is 8.57. The van der Waals surface area contributed by atoms with Crippen LogP contribution < -0.4 is 19.1 Å². The largest absolute Gasteiger partial charge is 0.486 e. The molecule has 2 aromatic carbocycles. The minimum absolute atomic E-state index is 0.00704. The fourth-order valence-electron chi connectivity index (χ4n) is 3.48. The van der Waals surface area contributed by atoms with E-state index in [0.29, 0.717) is 42.5 Å². The van der Waals surface area contributed by atoms with Crippen LogP contribution in [0.2, 0.25) is 0 Å². The second-order valence-electron chi connectivity index (χ2n) is 7.72. The second-order valence-corrected chi connectivity index (χ2v) is 10.5. The van der Waals surface area contributed by atoms with Gasteiger partial charge in [-0.15, -0.1) is 11.3 Å². The van der Waals surface area contributed by atoms with Crippen molar-refractivity contribution < 1.29 is 22.7 Å². The molecule has 2 aliphatic rings. The lowest BCUT2D eigenvalue weighted by molar-refractivity contribution is 0.0985. The molecule has 0 radical (unpaired) electrons. The molecule has 1 saturated carbocycles. The number of ether oxygens (including phenoxy) is 2. The van der Waals surface area contributed by atoms with Gasteiger partial charge in [-0.1, -0.05) is 12.1 Å². The number of hydrogen-bond acceptors (Lipinski definition) is 6. The van der Waals surface area contributed by atoms with Gasteiger partial charge in [0.2, 0.25) is 10.0 Å². The average Bonchev–Trinajstić information content (AvgIpc) is 3.46. The number of carbonyl (C=O) groups is 1. The summed E-state index contributed by atoms with van der Waals surface area (Å²) < 4.78 is 39.3. The summed E-state index contributed by atoms with van der Waals surface area (Å²) >= 11 is 1.55. The van der Waals surface area contributed by atoms with Gasteiger partial charge in [-0.25, -0.2) is 13.1 Å². The van der Waals surface area contributed by atoms with Gasteiger partial charge in [-0.2, -0.15) is 0 Å². The molecule has 0 unspecified atom stereocenters. The Bertz CT molecular complexity index is 1240. The maximum absolute atomic E-state index is 13.6. The molecule has 166 valence electrons. The molecular formula is C23H22N2O5S2. The lowest BCUT2D eigenvalue weighted by Crippen LogP contribution is -2.31. The highest BCUT2D eigenvalue weighted by atomic mass is 32.2. The normalized spacial score (nSPS) is 15.4. The molecule has 0 bridgehead atoms. The molecule has 1 aliphatic carbocycles. The Kier molecular flexibility index (Phi) is 5.62. The van der Waals surface area contributed by atoms with Crippen LogP contribution in [0.25, 0.3) is 0 Å². The van der Waals surface area contributed by atoms with Crippen LogP contribution in [0.15, 0.2) is 64.9 Å². The van der Waals surface area contributed by atoms with E-state index in [-0.39, 0.29) is 16.8 Å². The number of fused-ring (bicyclic) bond motifs is 1. The molecule has 1 aliphatic heterocycles. The number of amides is 1. The van der Waals surface area contributed by atoms with Crippen molar-refractivity contribution >= 4 is 33.0 Å². The SMILES string of the molecule is O=C(c1cccc(S(=O)(=O)NC2CC2)c1)N(Cc1cccs1)c1ccc2c(c1)OCCO2. The minimum atomic E-state index is -3.66. The van der Waals surface area contributed by atoms with Crippen LogP contribution in [0.1, 0.15) is 28.1 Å². The van der Waals surface area contributed by atoms with Crippen molar-refractivity contribution in [2.75, 3.05) is 18.1 Å². The molecule has 5 rings (SSSR count). The molecule has 1 aromatic heterocycles. The fourth-order valence-corrected chi connectivity index (χ4v) is 5.52. The van der Waals surface area contributed by atoms with Crippen molar-refractivity contribution in [3.05, 3.63) is 70.4 Å². The number of hydrogen-bond donors (Lipinski definition) is 1. The number of sulfonamides is 1. The Hall–Kier alpha value is -2.88. The lowest BCUT2D eigenvalue weighted by atomic mass is 10.1. The van der Waals surface area contributed by atoms with Crippen molar-refractivity contribution in [2.45, 2.75) is 30.3 Å². The van der Waals surface area contributed by atoms with Crippen LogP contribution in [-0.2, 0) is 16.6 Å². The number of anilines is 1. The smallest absolute Gasteiger partial charge is 0.258 e. The van der Waals surface area contributed by atoms with Gasteiger partial charge < -0.3 is 14.4 Å². The number of nitrogens with zero attached hydrogens (tertiary/aromatic N) is 1. The Morgan fingerprint density at radius 3 is 2.59 bits per heavy atom. The van der Waals surface area contributed by atoms with Gasteiger partial charge >= 0.3 is 0 Å². The van der Waals surface area contributed by atoms with Gasteiger partial charge in [0.1, 0.15) is 13.2 Å². The first-order valence-electron chi connectivity index (χ1n) is 10.4. The van der Waals surface area contributed by atoms with Crippen LogP contribution in [0, 0.1) is 0 Å². The minimum Gasteiger partial charge on any atom is -0.486 e. The van der Waals surface area contributed by atoms with Crippen LogP contribution in [0.5, 0.6) is 11.5 Å². The van der Waals surface area contributed by atoms with E-state index in [1.807, 2.05) is 23.6 Å².